The maximum atomic E-state index is 12.5. The van der Waals surface area contributed by atoms with Gasteiger partial charge in [0.05, 0.1) is 21.3 Å². The molecule has 6 heteroatoms. The van der Waals surface area contributed by atoms with Crippen molar-refractivity contribution in [1.29, 1.82) is 0 Å². The number of hydrogen-bond donors (Lipinski definition) is 0. The fourth-order valence-electron chi connectivity index (χ4n) is 2.86. The SMILES string of the molecule is COc1ccc(C(=O)/C=C/c2ccc(OC(=O)c3ccccc3OC)c(OC)c2)cc1. The first-order valence-electron chi connectivity index (χ1n) is 9.45. The fraction of sp³-hybridized carbons (Fsp3) is 0.120. The molecule has 0 unspecified atom stereocenters. The van der Waals surface area contributed by atoms with Crippen LogP contribution < -0.4 is 18.9 Å². The number of rotatable bonds is 8. The number of esters is 1. The van der Waals surface area contributed by atoms with Gasteiger partial charge in [0.2, 0.25) is 0 Å². The molecular weight excluding hydrogens is 396 g/mol. The molecule has 0 N–H and O–H groups in total. The van der Waals surface area contributed by atoms with Crippen LogP contribution in [0.3, 0.4) is 0 Å². The molecule has 0 radical (unpaired) electrons. The predicted molar refractivity (Wildman–Crippen MR) is 117 cm³/mol. The molecule has 158 valence electrons. The topological polar surface area (TPSA) is 71.1 Å². The number of ether oxygens (including phenoxy) is 4. The van der Waals surface area contributed by atoms with E-state index < -0.39 is 5.97 Å². The second-order valence-corrected chi connectivity index (χ2v) is 6.43. The number of carbonyl (C=O) groups is 2. The van der Waals surface area contributed by atoms with Gasteiger partial charge in [0.1, 0.15) is 17.1 Å². The molecule has 6 nitrogen and oxygen atoms in total. The number of allylic oxidation sites excluding steroid dienone is 1. The molecule has 0 bridgehead atoms. The van der Waals surface area contributed by atoms with E-state index in [2.05, 4.69) is 0 Å². The summed E-state index contributed by atoms with van der Waals surface area (Å²) in [7, 11) is 4.54. The molecule has 0 spiro atoms. The smallest absolute Gasteiger partial charge is 0.347 e. The van der Waals surface area contributed by atoms with Gasteiger partial charge in [-0.2, -0.15) is 0 Å². The highest BCUT2D eigenvalue weighted by Crippen LogP contribution is 2.30. The molecule has 3 aromatic carbocycles. The second-order valence-electron chi connectivity index (χ2n) is 6.43. The van der Waals surface area contributed by atoms with Gasteiger partial charge in [-0.25, -0.2) is 4.79 Å². The molecular formula is C25H22O6. The average Bonchev–Trinajstić information content (AvgIpc) is 2.83. The first kappa shape index (κ1) is 21.6. The van der Waals surface area contributed by atoms with Crippen molar-refractivity contribution < 1.29 is 28.5 Å². The van der Waals surface area contributed by atoms with Gasteiger partial charge in [0.25, 0.3) is 0 Å². The van der Waals surface area contributed by atoms with Crippen LogP contribution in [0.15, 0.2) is 72.8 Å². The lowest BCUT2D eigenvalue weighted by Gasteiger charge is -2.11. The number of ketones is 1. The van der Waals surface area contributed by atoms with E-state index in [1.807, 2.05) is 0 Å². The van der Waals surface area contributed by atoms with Gasteiger partial charge in [0.15, 0.2) is 17.3 Å². The monoisotopic (exact) mass is 418 g/mol. The number of carbonyl (C=O) groups excluding carboxylic acids is 2. The van der Waals surface area contributed by atoms with Crippen molar-refractivity contribution >= 4 is 17.8 Å². The van der Waals surface area contributed by atoms with E-state index in [0.29, 0.717) is 28.4 Å². The Balaban J connectivity index is 1.75. The number of para-hydroxylation sites is 1. The summed E-state index contributed by atoms with van der Waals surface area (Å²) in [5, 5.41) is 0. The van der Waals surface area contributed by atoms with Crippen molar-refractivity contribution in [2.75, 3.05) is 21.3 Å². The normalized spacial score (nSPS) is 10.5. The highest BCUT2D eigenvalue weighted by molar-refractivity contribution is 6.06. The van der Waals surface area contributed by atoms with Crippen molar-refractivity contribution in [3.05, 3.63) is 89.5 Å². The van der Waals surface area contributed by atoms with Gasteiger partial charge in [-0.15, -0.1) is 0 Å². The Labute approximate surface area is 180 Å². The van der Waals surface area contributed by atoms with Crippen molar-refractivity contribution in [2.45, 2.75) is 0 Å². The first-order valence-corrected chi connectivity index (χ1v) is 9.45. The van der Waals surface area contributed by atoms with Crippen LogP contribution in [0, 0.1) is 0 Å². The van der Waals surface area contributed by atoms with Crippen molar-refractivity contribution in [3.8, 4) is 23.0 Å². The van der Waals surface area contributed by atoms with Crippen LogP contribution in [0.4, 0.5) is 0 Å². The predicted octanol–water partition coefficient (Wildman–Crippen LogP) is 4.83. The maximum absolute atomic E-state index is 12.5. The van der Waals surface area contributed by atoms with Crippen LogP contribution in [-0.2, 0) is 0 Å². The highest BCUT2D eigenvalue weighted by Gasteiger charge is 2.16. The highest BCUT2D eigenvalue weighted by atomic mass is 16.6. The summed E-state index contributed by atoms with van der Waals surface area (Å²) in [5.41, 5.74) is 1.57. The van der Waals surface area contributed by atoms with Crippen LogP contribution in [0.1, 0.15) is 26.3 Å². The summed E-state index contributed by atoms with van der Waals surface area (Å²) in [6.07, 6.45) is 3.14. The zero-order valence-corrected chi connectivity index (χ0v) is 17.5. The van der Waals surface area contributed by atoms with E-state index in [1.165, 1.54) is 20.3 Å². The Morgan fingerprint density at radius 3 is 2.13 bits per heavy atom. The summed E-state index contributed by atoms with van der Waals surface area (Å²) < 4.78 is 21.1. The van der Waals surface area contributed by atoms with E-state index in [-0.39, 0.29) is 11.5 Å². The minimum absolute atomic E-state index is 0.145. The minimum atomic E-state index is -0.561. The molecule has 0 amide bonds. The molecule has 3 aromatic rings. The summed E-state index contributed by atoms with van der Waals surface area (Å²) in [6, 6.07) is 18.7. The van der Waals surface area contributed by atoms with E-state index in [9.17, 15) is 9.59 Å². The van der Waals surface area contributed by atoms with Crippen molar-refractivity contribution in [3.63, 3.8) is 0 Å². The fourth-order valence-corrected chi connectivity index (χ4v) is 2.86. The molecule has 0 atom stereocenters. The Kier molecular flexibility index (Phi) is 7.06. The Morgan fingerprint density at radius 1 is 0.742 bits per heavy atom. The van der Waals surface area contributed by atoms with Crippen LogP contribution in [0.25, 0.3) is 6.08 Å². The minimum Gasteiger partial charge on any atom is -0.497 e. The third kappa shape index (κ3) is 5.30. The molecule has 0 aliphatic carbocycles. The van der Waals surface area contributed by atoms with Crippen LogP contribution >= 0.6 is 0 Å². The van der Waals surface area contributed by atoms with E-state index >= 15 is 0 Å². The summed E-state index contributed by atoms with van der Waals surface area (Å²) in [5.74, 6) is 1.02. The largest absolute Gasteiger partial charge is 0.497 e. The maximum Gasteiger partial charge on any atom is 0.347 e. The molecule has 0 aliphatic heterocycles. The Bertz CT molecular complexity index is 1100. The third-order valence-electron chi connectivity index (χ3n) is 4.52. The molecule has 31 heavy (non-hydrogen) atoms. The molecule has 0 saturated carbocycles. The second kappa shape index (κ2) is 10.1. The van der Waals surface area contributed by atoms with Gasteiger partial charge in [-0.05, 0) is 60.2 Å². The molecule has 0 aliphatic rings. The molecule has 0 aromatic heterocycles. The summed E-state index contributed by atoms with van der Waals surface area (Å²) in [4.78, 5) is 24.9. The summed E-state index contributed by atoms with van der Waals surface area (Å²) >= 11 is 0. The van der Waals surface area contributed by atoms with Crippen molar-refractivity contribution in [2.24, 2.45) is 0 Å². The van der Waals surface area contributed by atoms with E-state index in [4.69, 9.17) is 18.9 Å². The quantitative estimate of drug-likeness (QED) is 0.226. The molecule has 0 fully saturated rings. The van der Waals surface area contributed by atoms with Gasteiger partial charge >= 0.3 is 5.97 Å². The standard InChI is InChI=1S/C25H22O6/c1-28-19-12-10-18(11-13-19)21(26)14-8-17-9-15-23(24(16-17)30-3)31-25(27)20-6-4-5-7-22(20)29-2/h4-16H,1-3H3/b14-8+. The number of methoxy groups -OCH3 is 3. The zero-order chi connectivity index (χ0) is 22.2. The zero-order valence-electron chi connectivity index (χ0n) is 17.5. The van der Waals surface area contributed by atoms with Crippen LogP contribution in [0.2, 0.25) is 0 Å². The van der Waals surface area contributed by atoms with Gasteiger partial charge in [-0.3, -0.25) is 4.79 Å². The third-order valence-corrected chi connectivity index (χ3v) is 4.52. The Hall–Kier alpha value is -4.06. The van der Waals surface area contributed by atoms with E-state index in [1.54, 1.807) is 79.9 Å². The van der Waals surface area contributed by atoms with Crippen LogP contribution in [0.5, 0.6) is 23.0 Å². The van der Waals surface area contributed by atoms with Crippen LogP contribution in [-0.4, -0.2) is 33.1 Å². The first-order chi connectivity index (χ1) is 15.0. The molecule has 0 heterocycles. The lowest BCUT2D eigenvalue weighted by molar-refractivity contribution is 0.0726. The lowest BCUT2D eigenvalue weighted by Crippen LogP contribution is -2.10. The van der Waals surface area contributed by atoms with Gasteiger partial charge in [0, 0.05) is 5.56 Å². The van der Waals surface area contributed by atoms with E-state index in [0.717, 1.165) is 5.56 Å². The van der Waals surface area contributed by atoms with Crippen molar-refractivity contribution in [1.82, 2.24) is 0 Å². The van der Waals surface area contributed by atoms with Gasteiger partial charge in [-0.1, -0.05) is 24.3 Å². The number of hydrogen-bond acceptors (Lipinski definition) is 6. The summed E-state index contributed by atoms with van der Waals surface area (Å²) in [6.45, 7) is 0. The molecule has 3 rings (SSSR count). The van der Waals surface area contributed by atoms with Gasteiger partial charge < -0.3 is 18.9 Å². The molecule has 0 saturated heterocycles. The Morgan fingerprint density at radius 2 is 1.45 bits per heavy atom. The lowest BCUT2D eigenvalue weighted by atomic mass is 10.1. The average molecular weight is 418 g/mol. The number of benzene rings is 3.